The first-order valence-electron chi connectivity index (χ1n) is 10.0. The van der Waals surface area contributed by atoms with Crippen molar-refractivity contribution in [3.8, 4) is 5.75 Å². The van der Waals surface area contributed by atoms with Crippen LogP contribution in [-0.4, -0.2) is 28.0 Å². The topological polar surface area (TPSA) is 85.6 Å². The molecule has 1 N–H and O–H groups in total. The summed E-state index contributed by atoms with van der Waals surface area (Å²) in [6, 6.07) is 14.5. The van der Waals surface area contributed by atoms with Gasteiger partial charge in [-0.15, -0.1) is 0 Å². The molecule has 2 aromatic carbocycles. The zero-order valence-corrected chi connectivity index (χ0v) is 17.5. The summed E-state index contributed by atoms with van der Waals surface area (Å²) < 4.78 is 6.87. The molecular weight excluding hydrogens is 380 g/mol. The molecule has 0 aliphatic heterocycles. The number of carbonyl (C=O) groups excluding carboxylic acids is 1. The van der Waals surface area contributed by atoms with Gasteiger partial charge in [-0.25, -0.2) is 10.1 Å². The maximum atomic E-state index is 12.7. The number of fused-ring (bicyclic) bond motifs is 1. The van der Waals surface area contributed by atoms with Crippen LogP contribution in [0.25, 0.3) is 10.8 Å². The molecular formula is C23H26N4O3. The van der Waals surface area contributed by atoms with E-state index in [1.54, 1.807) is 24.3 Å². The van der Waals surface area contributed by atoms with Crippen LogP contribution in [0.3, 0.4) is 0 Å². The molecule has 0 spiro atoms. The van der Waals surface area contributed by atoms with Gasteiger partial charge in [-0.05, 0) is 49.2 Å². The Kier molecular flexibility index (Phi) is 6.95. The van der Waals surface area contributed by atoms with Crippen molar-refractivity contribution < 1.29 is 9.53 Å². The molecule has 0 unspecified atom stereocenters. The first-order chi connectivity index (χ1) is 14.5. The van der Waals surface area contributed by atoms with Gasteiger partial charge in [0.1, 0.15) is 5.75 Å². The molecule has 0 saturated carbocycles. The molecule has 0 fully saturated rings. The van der Waals surface area contributed by atoms with E-state index in [2.05, 4.69) is 22.5 Å². The Morgan fingerprint density at radius 3 is 2.50 bits per heavy atom. The van der Waals surface area contributed by atoms with Crippen molar-refractivity contribution >= 4 is 22.4 Å². The molecule has 30 heavy (non-hydrogen) atoms. The van der Waals surface area contributed by atoms with E-state index in [1.165, 1.54) is 7.05 Å². The van der Waals surface area contributed by atoms with Crippen LogP contribution in [0.15, 0.2) is 58.4 Å². The maximum Gasteiger partial charge on any atom is 0.292 e. The normalized spacial score (nSPS) is 11.5. The van der Waals surface area contributed by atoms with Crippen LogP contribution in [-0.2, 0) is 7.05 Å². The molecule has 0 aliphatic rings. The van der Waals surface area contributed by atoms with Crippen molar-refractivity contribution in [2.75, 3.05) is 6.61 Å². The molecule has 3 aromatic rings. The van der Waals surface area contributed by atoms with Gasteiger partial charge in [0.2, 0.25) is 0 Å². The number of benzene rings is 2. The van der Waals surface area contributed by atoms with Crippen molar-refractivity contribution in [2.45, 2.75) is 33.1 Å². The third-order valence-electron chi connectivity index (χ3n) is 4.79. The SMILES string of the molecule is CCCCCOc1ccc(/C(C)=N\NC(=O)c2nn(C)c(=O)c3ccccc23)cc1. The Balaban J connectivity index is 1.71. The summed E-state index contributed by atoms with van der Waals surface area (Å²) in [7, 11) is 1.52. The van der Waals surface area contributed by atoms with Crippen molar-refractivity contribution in [1.29, 1.82) is 0 Å². The van der Waals surface area contributed by atoms with Gasteiger partial charge >= 0.3 is 0 Å². The molecule has 1 amide bonds. The Hall–Kier alpha value is -3.48. The first-order valence-corrected chi connectivity index (χ1v) is 10.0. The number of hydrazone groups is 1. The lowest BCUT2D eigenvalue weighted by Crippen LogP contribution is -2.27. The van der Waals surface area contributed by atoms with Crippen LogP contribution < -0.4 is 15.7 Å². The third-order valence-corrected chi connectivity index (χ3v) is 4.79. The largest absolute Gasteiger partial charge is 0.494 e. The summed E-state index contributed by atoms with van der Waals surface area (Å²) in [6.45, 7) is 4.67. The predicted octanol–water partition coefficient (Wildman–Crippen LogP) is 3.66. The Morgan fingerprint density at radius 1 is 1.10 bits per heavy atom. The standard InChI is InChI=1S/C23H26N4O3/c1-4-5-8-15-30-18-13-11-17(12-14-18)16(2)24-25-22(28)21-19-9-6-7-10-20(19)23(29)27(3)26-21/h6-7,9-14H,4-5,8,15H2,1-3H3,(H,25,28)/b24-16-. The number of hydrogen-bond acceptors (Lipinski definition) is 5. The summed E-state index contributed by atoms with van der Waals surface area (Å²) >= 11 is 0. The van der Waals surface area contributed by atoms with Crippen LogP contribution in [0.5, 0.6) is 5.75 Å². The second-order valence-corrected chi connectivity index (χ2v) is 7.04. The van der Waals surface area contributed by atoms with Gasteiger partial charge in [0, 0.05) is 12.4 Å². The number of aromatic nitrogens is 2. The summed E-state index contributed by atoms with van der Waals surface area (Å²) in [5, 5.41) is 9.24. The Bertz CT molecular complexity index is 1120. The van der Waals surface area contributed by atoms with Crippen molar-refractivity contribution in [2.24, 2.45) is 12.1 Å². The lowest BCUT2D eigenvalue weighted by Gasteiger charge is -2.08. The molecule has 1 aromatic heterocycles. The Morgan fingerprint density at radius 2 is 1.80 bits per heavy atom. The van der Waals surface area contributed by atoms with Gasteiger partial charge in [0.15, 0.2) is 5.69 Å². The van der Waals surface area contributed by atoms with Crippen LogP contribution >= 0.6 is 0 Å². The van der Waals surface area contributed by atoms with Gasteiger partial charge in [0.25, 0.3) is 11.5 Å². The number of ether oxygens (including phenoxy) is 1. The molecule has 1 heterocycles. The number of carbonyl (C=O) groups is 1. The highest BCUT2D eigenvalue weighted by molar-refractivity contribution is 6.06. The van der Waals surface area contributed by atoms with Gasteiger partial charge < -0.3 is 4.74 Å². The zero-order chi connectivity index (χ0) is 21.5. The minimum absolute atomic E-state index is 0.153. The van der Waals surface area contributed by atoms with E-state index in [9.17, 15) is 9.59 Å². The average molecular weight is 406 g/mol. The second-order valence-electron chi connectivity index (χ2n) is 7.04. The van der Waals surface area contributed by atoms with Gasteiger partial charge in [-0.3, -0.25) is 9.59 Å². The molecule has 0 radical (unpaired) electrons. The number of nitrogens with one attached hydrogen (secondary N) is 1. The number of aryl methyl sites for hydroxylation is 1. The fourth-order valence-electron chi connectivity index (χ4n) is 3.05. The van der Waals surface area contributed by atoms with E-state index in [-0.39, 0.29) is 11.3 Å². The second kappa shape index (κ2) is 9.82. The van der Waals surface area contributed by atoms with Crippen LogP contribution in [0, 0.1) is 0 Å². The molecule has 7 heteroatoms. The van der Waals surface area contributed by atoms with E-state index < -0.39 is 5.91 Å². The monoisotopic (exact) mass is 406 g/mol. The summed E-state index contributed by atoms with van der Waals surface area (Å²) in [6.07, 6.45) is 3.36. The van der Waals surface area contributed by atoms with Crippen molar-refractivity contribution in [3.05, 3.63) is 70.1 Å². The molecule has 7 nitrogen and oxygen atoms in total. The van der Waals surface area contributed by atoms with Gasteiger partial charge in [0.05, 0.1) is 17.7 Å². The smallest absolute Gasteiger partial charge is 0.292 e. The minimum atomic E-state index is -0.475. The summed E-state index contributed by atoms with van der Waals surface area (Å²) in [4.78, 5) is 24.9. The average Bonchev–Trinajstić information content (AvgIpc) is 2.77. The van der Waals surface area contributed by atoms with E-state index in [1.807, 2.05) is 31.2 Å². The number of nitrogens with zero attached hydrogens (tertiary/aromatic N) is 3. The number of rotatable bonds is 8. The number of unbranched alkanes of at least 4 members (excludes halogenated alkanes) is 2. The quantitative estimate of drug-likeness (QED) is 0.351. The van der Waals surface area contributed by atoms with Crippen LogP contribution in [0.4, 0.5) is 0 Å². The highest BCUT2D eigenvalue weighted by atomic mass is 16.5. The van der Waals surface area contributed by atoms with E-state index >= 15 is 0 Å². The van der Waals surface area contributed by atoms with Crippen LogP contribution in [0.2, 0.25) is 0 Å². The van der Waals surface area contributed by atoms with E-state index in [0.29, 0.717) is 23.1 Å². The Labute approximate surface area is 175 Å². The molecule has 0 saturated heterocycles. The van der Waals surface area contributed by atoms with Crippen LogP contribution in [0.1, 0.15) is 49.2 Å². The zero-order valence-electron chi connectivity index (χ0n) is 17.5. The van der Waals surface area contributed by atoms with Crippen molar-refractivity contribution in [1.82, 2.24) is 15.2 Å². The van der Waals surface area contributed by atoms with E-state index in [4.69, 9.17) is 4.74 Å². The molecule has 0 bridgehead atoms. The molecule has 156 valence electrons. The fraction of sp³-hybridized carbons (Fsp3) is 0.304. The first kappa shape index (κ1) is 21.2. The number of amides is 1. The van der Waals surface area contributed by atoms with Crippen molar-refractivity contribution in [3.63, 3.8) is 0 Å². The fourth-order valence-corrected chi connectivity index (χ4v) is 3.05. The lowest BCUT2D eigenvalue weighted by atomic mass is 10.1. The maximum absolute atomic E-state index is 12.7. The molecule has 0 aliphatic carbocycles. The minimum Gasteiger partial charge on any atom is -0.494 e. The predicted molar refractivity (Wildman–Crippen MR) is 118 cm³/mol. The van der Waals surface area contributed by atoms with E-state index in [0.717, 1.165) is 35.3 Å². The number of hydrogen-bond donors (Lipinski definition) is 1. The lowest BCUT2D eigenvalue weighted by molar-refractivity contribution is 0.0949. The highest BCUT2D eigenvalue weighted by Crippen LogP contribution is 2.15. The molecule has 3 rings (SSSR count). The summed E-state index contributed by atoms with van der Waals surface area (Å²) in [5.41, 5.74) is 3.96. The van der Waals surface area contributed by atoms with Gasteiger partial charge in [-0.2, -0.15) is 10.2 Å². The molecule has 0 atom stereocenters. The highest BCUT2D eigenvalue weighted by Gasteiger charge is 2.15. The van der Waals surface area contributed by atoms with Gasteiger partial charge in [-0.1, -0.05) is 38.0 Å². The summed E-state index contributed by atoms with van der Waals surface area (Å²) in [5.74, 6) is 0.338. The third kappa shape index (κ3) is 4.92.